The number of hydrogen-bond acceptors (Lipinski definition) is 3. The molecule has 2 rings (SSSR count). The quantitative estimate of drug-likeness (QED) is 0.815. The highest BCUT2D eigenvalue weighted by atomic mass is 35.5. The summed E-state index contributed by atoms with van der Waals surface area (Å²) in [5, 5.41) is 12.6. The molecule has 0 bridgehead atoms. The van der Waals surface area contributed by atoms with E-state index in [0.717, 1.165) is 18.8 Å². The molecule has 1 aliphatic heterocycles. The SMILES string of the molecule is OC(CCl)CNc1ccc(N2CCCCCC2)cc1. The Balaban J connectivity index is 1.89. The van der Waals surface area contributed by atoms with Gasteiger partial charge in [-0.05, 0) is 37.1 Å². The van der Waals surface area contributed by atoms with Gasteiger partial charge in [0.2, 0.25) is 0 Å². The molecule has 4 heteroatoms. The zero-order valence-electron chi connectivity index (χ0n) is 11.3. The van der Waals surface area contributed by atoms with E-state index in [9.17, 15) is 5.11 Å². The minimum atomic E-state index is -0.494. The second kappa shape index (κ2) is 7.61. The molecule has 0 aromatic heterocycles. The van der Waals surface area contributed by atoms with Crippen molar-refractivity contribution < 1.29 is 5.11 Å². The van der Waals surface area contributed by atoms with Crippen LogP contribution < -0.4 is 10.2 Å². The van der Waals surface area contributed by atoms with E-state index < -0.39 is 6.10 Å². The molecule has 106 valence electrons. The number of benzene rings is 1. The van der Waals surface area contributed by atoms with Gasteiger partial charge in [0.1, 0.15) is 0 Å². The summed E-state index contributed by atoms with van der Waals surface area (Å²) in [6.45, 7) is 2.82. The number of hydrogen-bond donors (Lipinski definition) is 2. The van der Waals surface area contributed by atoms with E-state index in [-0.39, 0.29) is 5.88 Å². The fourth-order valence-corrected chi connectivity index (χ4v) is 2.52. The Hall–Kier alpha value is -0.930. The van der Waals surface area contributed by atoms with Crippen molar-refractivity contribution in [2.24, 2.45) is 0 Å². The molecule has 0 saturated carbocycles. The molecule has 1 fully saturated rings. The van der Waals surface area contributed by atoms with Crippen molar-refractivity contribution in [1.29, 1.82) is 0 Å². The van der Waals surface area contributed by atoms with Gasteiger partial charge in [-0.1, -0.05) is 12.8 Å². The van der Waals surface area contributed by atoms with E-state index in [0.29, 0.717) is 6.54 Å². The molecule has 0 aliphatic carbocycles. The van der Waals surface area contributed by atoms with Crippen molar-refractivity contribution in [2.75, 3.05) is 35.7 Å². The maximum absolute atomic E-state index is 9.41. The molecule has 0 radical (unpaired) electrons. The molecule has 1 aromatic rings. The summed E-state index contributed by atoms with van der Waals surface area (Å²) in [5.74, 6) is 0.263. The zero-order valence-corrected chi connectivity index (χ0v) is 12.1. The number of halogens is 1. The molecule has 3 nitrogen and oxygen atoms in total. The molecule has 0 amide bonds. The van der Waals surface area contributed by atoms with Gasteiger partial charge in [0, 0.05) is 31.0 Å². The Kier molecular flexibility index (Phi) is 5.80. The van der Waals surface area contributed by atoms with Gasteiger partial charge < -0.3 is 15.3 Å². The summed E-state index contributed by atoms with van der Waals surface area (Å²) in [5.41, 5.74) is 2.33. The van der Waals surface area contributed by atoms with Gasteiger partial charge in [-0.3, -0.25) is 0 Å². The average Bonchev–Trinajstić information content (AvgIpc) is 2.74. The summed E-state index contributed by atoms with van der Waals surface area (Å²) in [6, 6.07) is 8.45. The van der Waals surface area contributed by atoms with Crippen LogP contribution in [0.3, 0.4) is 0 Å². The zero-order chi connectivity index (χ0) is 13.5. The van der Waals surface area contributed by atoms with Crippen molar-refractivity contribution in [3.8, 4) is 0 Å². The number of alkyl halides is 1. The van der Waals surface area contributed by atoms with Gasteiger partial charge in [0.05, 0.1) is 12.0 Å². The molecule has 1 unspecified atom stereocenters. The topological polar surface area (TPSA) is 35.5 Å². The van der Waals surface area contributed by atoms with E-state index in [1.807, 2.05) is 0 Å². The molecule has 1 heterocycles. The maximum atomic E-state index is 9.41. The van der Waals surface area contributed by atoms with Crippen LogP contribution in [0.4, 0.5) is 11.4 Å². The molecule has 1 atom stereocenters. The van der Waals surface area contributed by atoms with E-state index in [2.05, 4.69) is 34.5 Å². The van der Waals surface area contributed by atoms with Gasteiger partial charge >= 0.3 is 0 Å². The Morgan fingerprint density at radius 2 is 1.74 bits per heavy atom. The van der Waals surface area contributed by atoms with Crippen molar-refractivity contribution in [3.63, 3.8) is 0 Å². The lowest BCUT2D eigenvalue weighted by atomic mass is 10.2. The first kappa shape index (κ1) is 14.5. The van der Waals surface area contributed by atoms with Crippen LogP contribution in [0.25, 0.3) is 0 Å². The lowest BCUT2D eigenvalue weighted by molar-refractivity contribution is 0.211. The predicted octanol–water partition coefficient (Wildman–Crippen LogP) is 3.08. The van der Waals surface area contributed by atoms with Crippen LogP contribution in [0.5, 0.6) is 0 Å². The fraction of sp³-hybridized carbons (Fsp3) is 0.600. The second-order valence-corrected chi connectivity index (χ2v) is 5.45. The van der Waals surface area contributed by atoms with E-state index in [4.69, 9.17) is 11.6 Å². The van der Waals surface area contributed by atoms with Crippen molar-refractivity contribution >= 4 is 23.0 Å². The van der Waals surface area contributed by atoms with Crippen LogP contribution in [-0.2, 0) is 0 Å². The summed E-state index contributed by atoms with van der Waals surface area (Å²) < 4.78 is 0. The number of nitrogens with one attached hydrogen (secondary N) is 1. The minimum absolute atomic E-state index is 0.263. The van der Waals surface area contributed by atoms with Crippen LogP contribution >= 0.6 is 11.6 Å². The molecular weight excluding hydrogens is 260 g/mol. The van der Waals surface area contributed by atoms with Crippen LogP contribution in [0, 0.1) is 0 Å². The van der Waals surface area contributed by atoms with E-state index in [1.54, 1.807) is 0 Å². The first-order valence-electron chi connectivity index (χ1n) is 7.12. The van der Waals surface area contributed by atoms with E-state index in [1.165, 1.54) is 31.4 Å². The van der Waals surface area contributed by atoms with Gasteiger partial charge in [-0.25, -0.2) is 0 Å². The normalized spacial score (nSPS) is 17.9. The molecule has 1 aromatic carbocycles. The third-order valence-corrected chi connectivity index (χ3v) is 3.91. The van der Waals surface area contributed by atoms with Gasteiger partial charge in [0.15, 0.2) is 0 Å². The summed E-state index contributed by atoms with van der Waals surface area (Å²) in [7, 11) is 0. The molecule has 0 spiro atoms. The maximum Gasteiger partial charge on any atom is 0.0847 e. The predicted molar refractivity (Wildman–Crippen MR) is 82.3 cm³/mol. The number of aliphatic hydroxyl groups excluding tert-OH is 1. The van der Waals surface area contributed by atoms with Gasteiger partial charge in [-0.2, -0.15) is 0 Å². The number of aliphatic hydroxyl groups is 1. The van der Waals surface area contributed by atoms with Crippen LogP contribution in [-0.4, -0.2) is 36.7 Å². The number of rotatable bonds is 5. The van der Waals surface area contributed by atoms with E-state index >= 15 is 0 Å². The van der Waals surface area contributed by atoms with Gasteiger partial charge in [0.25, 0.3) is 0 Å². The highest BCUT2D eigenvalue weighted by molar-refractivity contribution is 6.18. The van der Waals surface area contributed by atoms with Crippen LogP contribution in [0.1, 0.15) is 25.7 Å². The summed E-state index contributed by atoms with van der Waals surface area (Å²) >= 11 is 5.56. The number of nitrogens with zero attached hydrogens (tertiary/aromatic N) is 1. The van der Waals surface area contributed by atoms with Crippen molar-refractivity contribution in [1.82, 2.24) is 0 Å². The third-order valence-electron chi connectivity index (χ3n) is 3.56. The first-order chi connectivity index (χ1) is 9.29. The molecule has 2 N–H and O–H groups in total. The Labute approximate surface area is 120 Å². The van der Waals surface area contributed by atoms with Gasteiger partial charge in [-0.15, -0.1) is 11.6 Å². The van der Waals surface area contributed by atoms with Crippen LogP contribution in [0.2, 0.25) is 0 Å². The lowest BCUT2D eigenvalue weighted by Crippen LogP contribution is -2.24. The lowest BCUT2D eigenvalue weighted by Gasteiger charge is -2.23. The Morgan fingerprint density at radius 1 is 1.11 bits per heavy atom. The van der Waals surface area contributed by atoms with Crippen LogP contribution in [0.15, 0.2) is 24.3 Å². The molecular formula is C15H23ClN2O. The second-order valence-electron chi connectivity index (χ2n) is 5.14. The molecule has 1 aliphatic rings. The average molecular weight is 283 g/mol. The number of anilines is 2. The Bertz CT molecular complexity index is 361. The standard InChI is InChI=1S/C15H23ClN2O/c16-11-15(19)12-17-13-5-7-14(8-6-13)18-9-3-1-2-4-10-18/h5-8,15,17,19H,1-4,9-12H2. The molecule has 19 heavy (non-hydrogen) atoms. The smallest absolute Gasteiger partial charge is 0.0847 e. The fourth-order valence-electron chi connectivity index (χ4n) is 2.41. The highest BCUT2D eigenvalue weighted by Gasteiger charge is 2.09. The largest absolute Gasteiger partial charge is 0.390 e. The first-order valence-corrected chi connectivity index (χ1v) is 7.66. The van der Waals surface area contributed by atoms with Crippen molar-refractivity contribution in [2.45, 2.75) is 31.8 Å². The van der Waals surface area contributed by atoms with Crippen molar-refractivity contribution in [3.05, 3.63) is 24.3 Å². The third kappa shape index (κ3) is 4.59. The minimum Gasteiger partial charge on any atom is -0.390 e. The summed E-state index contributed by atoms with van der Waals surface area (Å²) in [4.78, 5) is 2.46. The molecule has 1 saturated heterocycles. The monoisotopic (exact) mass is 282 g/mol. The Morgan fingerprint density at radius 3 is 2.32 bits per heavy atom. The summed E-state index contributed by atoms with van der Waals surface area (Å²) in [6.07, 6.45) is 4.80. The highest BCUT2D eigenvalue weighted by Crippen LogP contribution is 2.21.